The zero-order chi connectivity index (χ0) is 8.60. The van der Waals surface area contributed by atoms with Crippen molar-refractivity contribution < 1.29 is 0 Å². The average Bonchev–Trinajstić information content (AvgIpc) is 2.86. The Morgan fingerprint density at radius 3 is 2.17 bits per heavy atom. The number of rotatable bonds is 2. The van der Waals surface area contributed by atoms with E-state index in [0.717, 1.165) is 12.2 Å². The van der Waals surface area contributed by atoms with Crippen molar-refractivity contribution in [1.29, 1.82) is 0 Å². The second-order valence-electron chi connectivity index (χ2n) is 3.61. The third-order valence-corrected chi connectivity index (χ3v) is 2.77. The van der Waals surface area contributed by atoms with Crippen LogP contribution in [0.5, 0.6) is 0 Å². The van der Waals surface area contributed by atoms with Crippen molar-refractivity contribution in [2.24, 2.45) is 5.73 Å². The Morgan fingerprint density at radius 1 is 1.17 bits per heavy atom. The van der Waals surface area contributed by atoms with Crippen LogP contribution in [0.1, 0.15) is 18.4 Å². The van der Waals surface area contributed by atoms with Crippen LogP contribution in [0.3, 0.4) is 0 Å². The highest BCUT2D eigenvalue weighted by molar-refractivity contribution is 5.43. The molecule has 2 heteroatoms. The fourth-order valence-corrected chi connectivity index (χ4v) is 1.60. The lowest BCUT2D eigenvalue weighted by molar-refractivity contribution is 0.705. The second-order valence-corrected chi connectivity index (χ2v) is 3.61. The Balaban J connectivity index is 2.29. The summed E-state index contributed by atoms with van der Waals surface area (Å²) in [7, 11) is 0. The number of hydrogen-bond donors (Lipinski definition) is 2. The highest BCUT2D eigenvalue weighted by Gasteiger charge is 2.42. The molecule has 0 unspecified atom stereocenters. The molecule has 0 aromatic heterocycles. The van der Waals surface area contributed by atoms with Crippen molar-refractivity contribution in [3.05, 3.63) is 29.8 Å². The maximum absolute atomic E-state index is 5.71. The van der Waals surface area contributed by atoms with Gasteiger partial charge in [-0.15, -0.1) is 0 Å². The number of benzene rings is 1. The molecular formula is C10H14N2. The number of hydrogen-bond acceptors (Lipinski definition) is 2. The van der Waals surface area contributed by atoms with Gasteiger partial charge in [-0.3, -0.25) is 0 Å². The highest BCUT2D eigenvalue weighted by Crippen LogP contribution is 2.47. The van der Waals surface area contributed by atoms with Crippen molar-refractivity contribution in [3.63, 3.8) is 0 Å². The Bertz CT molecular complexity index is 272. The largest absolute Gasteiger partial charge is 0.399 e. The smallest absolute Gasteiger partial charge is 0.0314 e. The molecular weight excluding hydrogens is 148 g/mol. The van der Waals surface area contributed by atoms with Crippen molar-refractivity contribution in [1.82, 2.24) is 0 Å². The number of anilines is 1. The number of nitrogen functional groups attached to an aromatic ring is 1. The summed E-state index contributed by atoms with van der Waals surface area (Å²) < 4.78 is 0. The molecule has 0 radical (unpaired) electrons. The van der Waals surface area contributed by atoms with E-state index in [4.69, 9.17) is 11.5 Å². The maximum atomic E-state index is 5.71. The summed E-state index contributed by atoms with van der Waals surface area (Å²) in [4.78, 5) is 0. The van der Waals surface area contributed by atoms with Gasteiger partial charge in [0.25, 0.3) is 0 Å². The third kappa shape index (κ3) is 1.08. The summed E-state index contributed by atoms with van der Waals surface area (Å²) in [5, 5.41) is 0. The molecule has 12 heavy (non-hydrogen) atoms. The molecule has 1 aromatic rings. The topological polar surface area (TPSA) is 52.0 Å². The SMILES string of the molecule is NCC1(c2ccc(N)cc2)CC1. The predicted molar refractivity (Wildman–Crippen MR) is 50.8 cm³/mol. The summed E-state index contributed by atoms with van der Waals surface area (Å²) >= 11 is 0. The maximum Gasteiger partial charge on any atom is 0.0314 e. The van der Waals surface area contributed by atoms with Crippen LogP contribution in [0.2, 0.25) is 0 Å². The first kappa shape index (κ1) is 7.62. The zero-order valence-corrected chi connectivity index (χ0v) is 7.09. The molecule has 1 aliphatic carbocycles. The van der Waals surface area contributed by atoms with E-state index in [-0.39, 0.29) is 0 Å². The third-order valence-electron chi connectivity index (χ3n) is 2.77. The lowest BCUT2D eigenvalue weighted by Crippen LogP contribution is -2.19. The van der Waals surface area contributed by atoms with Crippen molar-refractivity contribution in [2.75, 3.05) is 12.3 Å². The quantitative estimate of drug-likeness (QED) is 0.643. The van der Waals surface area contributed by atoms with Gasteiger partial charge in [-0.25, -0.2) is 0 Å². The van der Waals surface area contributed by atoms with Gasteiger partial charge in [0.15, 0.2) is 0 Å². The van der Waals surface area contributed by atoms with E-state index in [0.29, 0.717) is 5.41 Å². The van der Waals surface area contributed by atoms with E-state index < -0.39 is 0 Å². The van der Waals surface area contributed by atoms with E-state index in [2.05, 4.69) is 12.1 Å². The van der Waals surface area contributed by atoms with Gasteiger partial charge in [-0.1, -0.05) is 12.1 Å². The van der Waals surface area contributed by atoms with Gasteiger partial charge in [-0.05, 0) is 30.5 Å². The minimum absolute atomic E-state index is 0.299. The molecule has 0 bridgehead atoms. The summed E-state index contributed by atoms with van der Waals surface area (Å²) in [6.07, 6.45) is 2.46. The van der Waals surface area contributed by atoms with Crippen LogP contribution in [0.4, 0.5) is 5.69 Å². The normalized spacial score (nSPS) is 19.1. The molecule has 0 heterocycles. The minimum atomic E-state index is 0.299. The van der Waals surface area contributed by atoms with Crippen LogP contribution >= 0.6 is 0 Å². The first-order valence-electron chi connectivity index (χ1n) is 4.33. The Morgan fingerprint density at radius 2 is 1.75 bits per heavy atom. The molecule has 0 saturated heterocycles. The van der Waals surface area contributed by atoms with Crippen LogP contribution in [0.15, 0.2) is 24.3 Å². The fourth-order valence-electron chi connectivity index (χ4n) is 1.60. The van der Waals surface area contributed by atoms with E-state index in [9.17, 15) is 0 Å². The van der Waals surface area contributed by atoms with Crippen molar-refractivity contribution in [2.45, 2.75) is 18.3 Å². The highest BCUT2D eigenvalue weighted by atomic mass is 14.7. The molecule has 1 aliphatic rings. The summed E-state index contributed by atoms with van der Waals surface area (Å²) in [5.74, 6) is 0. The molecule has 1 aromatic carbocycles. The molecule has 1 fully saturated rings. The van der Waals surface area contributed by atoms with E-state index >= 15 is 0 Å². The van der Waals surface area contributed by atoms with E-state index in [1.54, 1.807) is 0 Å². The molecule has 4 N–H and O–H groups in total. The Kier molecular flexibility index (Phi) is 1.58. The molecule has 1 saturated carbocycles. The van der Waals surface area contributed by atoms with Crippen molar-refractivity contribution >= 4 is 5.69 Å². The summed E-state index contributed by atoms with van der Waals surface area (Å²) in [5.41, 5.74) is 13.8. The van der Waals surface area contributed by atoms with Gasteiger partial charge >= 0.3 is 0 Å². The Hall–Kier alpha value is -1.02. The van der Waals surface area contributed by atoms with Gasteiger partial charge in [0.05, 0.1) is 0 Å². The number of nitrogens with two attached hydrogens (primary N) is 2. The summed E-state index contributed by atoms with van der Waals surface area (Å²) in [6, 6.07) is 8.08. The van der Waals surface area contributed by atoms with Crippen LogP contribution in [-0.2, 0) is 5.41 Å². The molecule has 0 aliphatic heterocycles. The van der Waals surface area contributed by atoms with Gasteiger partial charge in [0.1, 0.15) is 0 Å². The summed E-state index contributed by atoms with van der Waals surface area (Å²) in [6.45, 7) is 0.761. The lowest BCUT2D eigenvalue weighted by atomic mass is 9.96. The van der Waals surface area contributed by atoms with Gasteiger partial charge in [0, 0.05) is 17.6 Å². The minimum Gasteiger partial charge on any atom is -0.399 e. The van der Waals surface area contributed by atoms with Gasteiger partial charge in [-0.2, -0.15) is 0 Å². The standard InChI is InChI=1S/C10H14N2/c11-7-10(5-6-10)8-1-3-9(12)4-2-8/h1-4H,5-7,11-12H2. The monoisotopic (exact) mass is 162 g/mol. The molecule has 2 rings (SSSR count). The first-order valence-corrected chi connectivity index (χ1v) is 4.33. The Labute approximate surface area is 72.6 Å². The van der Waals surface area contributed by atoms with Crippen LogP contribution in [-0.4, -0.2) is 6.54 Å². The van der Waals surface area contributed by atoms with E-state index in [1.807, 2.05) is 12.1 Å². The lowest BCUT2D eigenvalue weighted by Gasteiger charge is -2.12. The van der Waals surface area contributed by atoms with Crippen molar-refractivity contribution in [3.8, 4) is 0 Å². The van der Waals surface area contributed by atoms with Crippen LogP contribution in [0, 0.1) is 0 Å². The molecule has 2 nitrogen and oxygen atoms in total. The zero-order valence-electron chi connectivity index (χ0n) is 7.09. The molecule has 0 atom stereocenters. The molecule has 64 valence electrons. The van der Waals surface area contributed by atoms with Gasteiger partial charge in [0.2, 0.25) is 0 Å². The van der Waals surface area contributed by atoms with Crippen LogP contribution in [0.25, 0.3) is 0 Å². The second kappa shape index (κ2) is 2.49. The first-order chi connectivity index (χ1) is 5.77. The predicted octanol–water partition coefficient (Wildman–Crippen LogP) is 1.26. The van der Waals surface area contributed by atoms with E-state index in [1.165, 1.54) is 18.4 Å². The molecule has 0 amide bonds. The van der Waals surface area contributed by atoms with Crippen LogP contribution < -0.4 is 11.5 Å². The average molecular weight is 162 g/mol. The fraction of sp³-hybridized carbons (Fsp3) is 0.400. The van der Waals surface area contributed by atoms with Gasteiger partial charge < -0.3 is 11.5 Å². The molecule has 0 spiro atoms.